The minimum absolute atomic E-state index is 0.166. The van der Waals surface area contributed by atoms with Crippen LogP contribution in [0.5, 0.6) is 0 Å². The number of hydrogen-bond acceptors (Lipinski definition) is 8. The summed E-state index contributed by atoms with van der Waals surface area (Å²) in [5, 5.41) is 11.9. The Morgan fingerprint density at radius 2 is 1.96 bits per heavy atom. The van der Waals surface area contributed by atoms with Crippen LogP contribution >= 0.6 is 11.8 Å². The molecule has 0 radical (unpaired) electrons. The van der Waals surface area contributed by atoms with Crippen molar-refractivity contribution in [1.29, 1.82) is 0 Å². The number of morpholine rings is 1. The summed E-state index contributed by atoms with van der Waals surface area (Å²) < 4.78 is 50.5. The van der Waals surface area contributed by atoms with Crippen LogP contribution in [0.3, 0.4) is 0 Å². The molecule has 0 atom stereocenters. The van der Waals surface area contributed by atoms with E-state index in [0.29, 0.717) is 44.4 Å². The molecule has 1 aliphatic rings. The normalized spacial score (nSPS) is 15.6. The van der Waals surface area contributed by atoms with Crippen molar-refractivity contribution < 1.29 is 22.4 Å². The lowest BCUT2D eigenvalue weighted by Crippen LogP contribution is -2.38. The van der Waals surface area contributed by atoms with E-state index in [4.69, 9.17) is 9.26 Å². The van der Waals surface area contributed by atoms with Gasteiger partial charge in [-0.3, -0.25) is 4.57 Å². The predicted molar refractivity (Wildman–Crippen MR) is 87.0 cm³/mol. The third-order valence-corrected chi connectivity index (χ3v) is 4.59. The van der Waals surface area contributed by atoms with Gasteiger partial charge >= 0.3 is 6.18 Å². The number of hydrogen-bond donors (Lipinski definition) is 0. The second kappa shape index (κ2) is 8.25. The maximum atomic E-state index is 13.0. The Balaban J connectivity index is 1.75. The molecule has 0 amide bonds. The molecule has 0 aliphatic carbocycles. The SMILES string of the molecule is CCCc1noc(CSc2nnc(N3CCOCC3)n2CC(F)(F)F)n1. The van der Waals surface area contributed by atoms with Crippen LogP contribution in [0.4, 0.5) is 19.1 Å². The standard InChI is InChI=1S/C14H19F3N6O2S/c1-2-3-10-18-11(25-21-10)8-26-13-20-19-12(22-4-6-24-7-5-22)23(13)9-14(15,16)17/h2-9H2,1H3. The third kappa shape index (κ3) is 4.87. The maximum Gasteiger partial charge on any atom is 0.406 e. The van der Waals surface area contributed by atoms with E-state index < -0.39 is 12.7 Å². The van der Waals surface area contributed by atoms with Crippen molar-refractivity contribution >= 4 is 17.7 Å². The first-order valence-corrected chi connectivity index (χ1v) is 9.21. The van der Waals surface area contributed by atoms with E-state index in [0.717, 1.165) is 22.7 Å². The number of aryl methyl sites for hydroxylation is 1. The van der Waals surface area contributed by atoms with Crippen LogP contribution in [0.1, 0.15) is 25.1 Å². The zero-order chi connectivity index (χ0) is 18.6. The Bertz CT molecular complexity index is 714. The molecule has 2 aromatic rings. The molecular weight excluding hydrogens is 373 g/mol. The summed E-state index contributed by atoms with van der Waals surface area (Å²) in [5.41, 5.74) is 0. The Hall–Kier alpha value is -1.82. The summed E-state index contributed by atoms with van der Waals surface area (Å²) in [6, 6.07) is 0. The molecule has 0 unspecified atom stereocenters. The maximum absolute atomic E-state index is 13.0. The van der Waals surface area contributed by atoms with Crippen molar-refractivity contribution in [1.82, 2.24) is 24.9 Å². The highest BCUT2D eigenvalue weighted by molar-refractivity contribution is 7.98. The number of aromatic nitrogens is 5. The van der Waals surface area contributed by atoms with Gasteiger partial charge in [-0.25, -0.2) is 0 Å². The van der Waals surface area contributed by atoms with Gasteiger partial charge in [0, 0.05) is 19.5 Å². The zero-order valence-corrected chi connectivity index (χ0v) is 15.0. The molecule has 0 N–H and O–H groups in total. The first kappa shape index (κ1) is 19.0. The summed E-state index contributed by atoms with van der Waals surface area (Å²) in [5.74, 6) is 1.38. The van der Waals surface area contributed by atoms with E-state index in [1.54, 1.807) is 4.90 Å². The van der Waals surface area contributed by atoms with E-state index in [-0.39, 0.29) is 16.9 Å². The van der Waals surface area contributed by atoms with Gasteiger partial charge in [0.15, 0.2) is 11.0 Å². The molecule has 8 nitrogen and oxygen atoms in total. The third-order valence-electron chi connectivity index (χ3n) is 3.64. The van der Waals surface area contributed by atoms with Crippen LogP contribution < -0.4 is 4.90 Å². The number of alkyl halides is 3. The minimum Gasteiger partial charge on any atom is -0.378 e. The highest BCUT2D eigenvalue weighted by Crippen LogP contribution is 2.29. The molecule has 26 heavy (non-hydrogen) atoms. The molecule has 12 heteroatoms. The van der Waals surface area contributed by atoms with Gasteiger partial charge in [-0.1, -0.05) is 23.8 Å². The summed E-state index contributed by atoms with van der Waals surface area (Å²) in [6.07, 6.45) is -2.80. The van der Waals surface area contributed by atoms with Gasteiger partial charge in [0.2, 0.25) is 11.8 Å². The second-order valence-electron chi connectivity index (χ2n) is 5.73. The van der Waals surface area contributed by atoms with Gasteiger partial charge in [0.25, 0.3) is 0 Å². The van der Waals surface area contributed by atoms with Crippen molar-refractivity contribution in [2.75, 3.05) is 31.2 Å². The van der Waals surface area contributed by atoms with Crippen LogP contribution in [0.15, 0.2) is 9.68 Å². The van der Waals surface area contributed by atoms with Crippen molar-refractivity contribution in [3.63, 3.8) is 0 Å². The van der Waals surface area contributed by atoms with Gasteiger partial charge in [0.05, 0.1) is 19.0 Å². The molecule has 1 fully saturated rings. The second-order valence-corrected chi connectivity index (χ2v) is 6.67. The van der Waals surface area contributed by atoms with Crippen molar-refractivity contribution in [3.05, 3.63) is 11.7 Å². The molecular formula is C14H19F3N6O2S. The number of ether oxygens (including phenoxy) is 1. The lowest BCUT2D eigenvalue weighted by molar-refractivity contribution is -0.141. The monoisotopic (exact) mass is 392 g/mol. The largest absolute Gasteiger partial charge is 0.406 e. The van der Waals surface area contributed by atoms with Crippen LogP contribution in [-0.2, 0) is 23.5 Å². The van der Waals surface area contributed by atoms with Crippen LogP contribution in [0.2, 0.25) is 0 Å². The average Bonchev–Trinajstić information content (AvgIpc) is 3.20. The number of anilines is 1. The highest BCUT2D eigenvalue weighted by Gasteiger charge is 2.33. The fraction of sp³-hybridized carbons (Fsp3) is 0.714. The smallest absolute Gasteiger partial charge is 0.378 e. The molecule has 3 heterocycles. The first-order chi connectivity index (χ1) is 12.5. The number of nitrogens with zero attached hydrogens (tertiary/aromatic N) is 6. The van der Waals surface area contributed by atoms with Crippen LogP contribution in [0, 0.1) is 0 Å². The number of rotatable bonds is 7. The van der Waals surface area contributed by atoms with Gasteiger partial charge in [-0.05, 0) is 6.42 Å². The Morgan fingerprint density at radius 1 is 1.19 bits per heavy atom. The minimum atomic E-state index is -4.38. The van der Waals surface area contributed by atoms with E-state index in [1.807, 2.05) is 6.92 Å². The zero-order valence-electron chi connectivity index (χ0n) is 14.2. The van der Waals surface area contributed by atoms with E-state index in [1.165, 1.54) is 0 Å². The Labute approximate surface area is 152 Å². The van der Waals surface area contributed by atoms with E-state index >= 15 is 0 Å². The lowest BCUT2D eigenvalue weighted by atomic mass is 10.3. The summed E-state index contributed by atoms with van der Waals surface area (Å²) >= 11 is 1.09. The molecule has 0 aromatic carbocycles. The quantitative estimate of drug-likeness (QED) is 0.664. The molecule has 1 aliphatic heterocycles. The van der Waals surface area contributed by atoms with Crippen LogP contribution in [-0.4, -0.2) is 57.4 Å². The fourth-order valence-corrected chi connectivity index (χ4v) is 3.27. The molecule has 0 bridgehead atoms. The molecule has 0 spiro atoms. The lowest BCUT2D eigenvalue weighted by Gasteiger charge is -2.28. The molecule has 144 valence electrons. The van der Waals surface area contributed by atoms with Gasteiger partial charge in [-0.2, -0.15) is 18.2 Å². The van der Waals surface area contributed by atoms with Gasteiger partial charge < -0.3 is 14.2 Å². The van der Waals surface area contributed by atoms with E-state index in [2.05, 4.69) is 20.3 Å². The van der Waals surface area contributed by atoms with Crippen molar-refractivity contribution in [3.8, 4) is 0 Å². The first-order valence-electron chi connectivity index (χ1n) is 8.23. The van der Waals surface area contributed by atoms with Gasteiger partial charge in [0.1, 0.15) is 6.54 Å². The van der Waals surface area contributed by atoms with Crippen molar-refractivity contribution in [2.24, 2.45) is 0 Å². The van der Waals surface area contributed by atoms with Crippen molar-refractivity contribution in [2.45, 2.75) is 43.4 Å². The highest BCUT2D eigenvalue weighted by atomic mass is 32.2. The number of thioether (sulfide) groups is 1. The number of halogens is 3. The fourth-order valence-electron chi connectivity index (χ4n) is 2.50. The molecule has 1 saturated heterocycles. The topological polar surface area (TPSA) is 82.1 Å². The molecule has 0 saturated carbocycles. The summed E-state index contributed by atoms with van der Waals surface area (Å²) in [6.45, 7) is 2.69. The molecule has 2 aromatic heterocycles. The average molecular weight is 392 g/mol. The molecule has 3 rings (SSSR count). The predicted octanol–water partition coefficient (Wildman–Crippen LogP) is 2.30. The van der Waals surface area contributed by atoms with Gasteiger partial charge in [-0.15, -0.1) is 10.2 Å². The Kier molecular flexibility index (Phi) is 6.01. The van der Waals surface area contributed by atoms with E-state index in [9.17, 15) is 13.2 Å². The Morgan fingerprint density at radius 3 is 2.65 bits per heavy atom. The summed E-state index contributed by atoms with van der Waals surface area (Å²) in [4.78, 5) is 5.96. The van der Waals surface area contributed by atoms with Crippen LogP contribution in [0.25, 0.3) is 0 Å². The summed E-state index contributed by atoms with van der Waals surface area (Å²) in [7, 11) is 0.